The maximum absolute atomic E-state index is 13.5. The van der Waals surface area contributed by atoms with Crippen molar-refractivity contribution in [2.45, 2.75) is 18.8 Å². The summed E-state index contributed by atoms with van der Waals surface area (Å²) in [4.78, 5) is 6.55. The molecule has 0 saturated heterocycles. The van der Waals surface area contributed by atoms with Crippen LogP contribution in [0.25, 0.3) is 10.9 Å². The molecule has 1 aromatic heterocycles. The van der Waals surface area contributed by atoms with Crippen LogP contribution in [0.3, 0.4) is 0 Å². The van der Waals surface area contributed by atoms with Gasteiger partial charge in [-0.3, -0.25) is 4.90 Å². The Morgan fingerprint density at radius 3 is 2.37 bits per heavy atom. The van der Waals surface area contributed by atoms with E-state index in [2.05, 4.69) is 5.32 Å². The molecule has 0 unspecified atom stereocenters. The van der Waals surface area contributed by atoms with Gasteiger partial charge in [0, 0.05) is 24.1 Å². The molecule has 38 heavy (non-hydrogen) atoms. The lowest BCUT2D eigenvalue weighted by Crippen LogP contribution is -2.50. The number of pyridine rings is 1. The Morgan fingerprint density at radius 1 is 0.974 bits per heavy atom. The number of nitrogens with one attached hydrogen (secondary N) is 1. The highest BCUT2D eigenvalue weighted by molar-refractivity contribution is 6.02. The van der Waals surface area contributed by atoms with Gasteiger partial charge in [-0.05, 0) is 24.6 Å². The van der Waals surface area contributed by atoms with Gasteiger partial charge >= 0.3 is 0 Å². The second-order valence-electron chi connectivity index (χ2n) is 8.45. The number of alkyl halides is 3. The minimum absolute atomic E-state index is 0.0237. The lowest BCUT2D eigenvalue weighted by Gasteiger charge is -2.39. The van der Waals surface area contributed by atoms with Crippen molar-refractivity contribution in [1.29, 1.82) is 0 Å². The fraction of sp³-hybridized carbons (Fsp3) is 0.444. The maximum atomic E-state index is 13.5. The monoisotopic (exact) mass is 535 g/mol. The number of hydrogen-bond donors (Lipinski definition) is 2. The number of hydrogen-bond acceptors (Lipinski definition) is 8. The maximum Gasteiger partial charge on any atom is 0.260 e. The molecule has 0 aliphatic carbocycles. The van der Waals surface area contributed by atoms with Crippen LogP contribution < -0.4 is 19.7 Å². The van der Waals surface area contributed by atoms with Gasteiger partial charge in [-0.1, -0.05) is 24.3 Å². The number of ether oxygens (including phenoxy) is 4. The topological polar surface area (TPSA) is 85.3 Å². The van der Waals surface area contributed by atoms with Crippen LogP contribution in [-0.2, 0) is 15.9 Å². The van der Waals surface area contributed by atoms with E-state index < -0.39 is 25.9 Å². The fourth-order valence-electron chi connectivity index (χ4n) is 4.66. The van der Waals surface area contributed by atoms with E-state index >= 15 is 0 Å². The Balaban J connectivity index is 2.02. The number of anilines is 3. The zero-order valence-corrected chi connectivity index (χ0v) is 21.2. The second-order valence-corrected chi connectivity index (χ2v) is 8.45. The SMILES string of the molecule is COc1ccccc1N1c2c(c(NCCCO)nc3c(OCCF)cccc23)CC1(OCCF)OCCF. The summed E-state index contributed by atoms with van der Waals surface area (Å²) >= 11 is 0. The molecule has 1 aliphatic rings. The summed E-state index contributed by atoms with van der Waals surface area (Å²) in [5.74, 6) is -0.289. The molecule has 2 heterocycles. The van der Waals surface area contributed by atoms with Crippen LogP contribution in [0.5, 0.6) is 11.5 Å². The Hall–Kier alpha value is -3.28. The third-order valence-electron chi connectivity index (χ3n) is 6.11. The summed E-state index contributed by atoms with van der Waals surface area (Å²) in [5, 5.41) is 13.2. The quantitative estimate of drug-likeness (QED) is 0.214. The number of aliphatic hydroxyl groups excluding tert-OH is 1. The molecule has 0 radical (unpaired) electrons. The normalized spacial score (nSPS) is 14.1. The van der Waals surface area contributed by atoms with Crippen LogP contribution in [0.4, 0.5) is 30.4 Å². The molecule has 0 spiro atoms. The number of rotatable bonds is 15. The van der Waals surface area contributed by atoms with E-state index in [0.29, 0.717) is 58.1 Å². The van der Waals surface area contributed by atoms with Crippen LogP contribution in [-0.4, -0.2) is 76.1 Å². The predicted octanol–water partition coefficient (Wildman–Crippen LogP) is 4.71. The van der Waals surface area contributed by atoms with Crippen molar-refractivity contribution in [3.8, 4) is 11.5 Å². The first-order valence-corrected chi connectivity index (χ1v) is 12.5. The molecule has 206 valence electrons. The first kappa shape index (κ1) is 27.7. The summed E-state index contributed by atoms with van der Waals surface area (Å²) in [6.45, 7) is -2.59. The van der Waals surface area contributed by atoms with E-state index in [0.717, 1.165) is 0 Å². The van der Waals surface area contributed by atoms with Crippen LogP contribution in [0, 0.1) is 0 Å². The number of nitrogens with zero attached hydrogens (tertiary/aromatic N) is 2. The first-order valence-electron chi connectivity index (χ1n) is 12.5. The molecular weight excluding hydrogens is 503 g/mol. The van der Waals surface area contributed by atoms with Crippen LogP contribution >= 0.6 is 0 Å². The van der Waals surface area contributed by atoms with Gasteiger partial charge in [0.15, 0.2) is 0 Å². The Morgan fingerprint density at radius 2 is 1.68 bits per heavy atom. The molecule has 0 saturated carbocycles. The molecule has 4 rings (SSSR count). The van der Waals surface area contributed by atoms with Crippen molar-refractivity contribution in [2.75, 3.05) is 70.3 Å². The molecule has 11 heteroatoms. The summed E-state index contributed by atoms with van der Waals surface area (Å²) < 4.78 is 63.3. The number of para-hydroxylation sites is 3. The summed E-state index contributed by atoms with van der Waals surface area (Å²) in [7, 11) is 1.53. The van der Waals surface area contributed by atoms with E-state index in [1.54, 1.807) is 35.2 Å². The third-order valence-corrected chi connectivity index (χ3v) is 6.11. The zero-order chi connectivity index (χ0) is 27.0. The van der Waals surface area contributed by atoms with Crippen molar-refractivity contribution in [3.63, 3.8) is 0 Å². The highest BCUT2D eigenvalue weighted by atomic mass is 19.1. The van der Waals surface area contributed by atoms with E-state index in [1.165, 1.54) is 7.11 Å². The molecule has 0 fully saturated rings. The van der Waals surface area contributed by atoms with Crippen molar-refractivity contribution >= 4 is 28.1 Å². The number of methoxy groups -OCH3 is 1. The lowest BCUT2D eigenvalue weighted by atomic mass is 10.1. The van der Waals surface area contributed by atoms with Crippen LogP contribution in [0.1, 0.15) is 12.0 Å². The van der Waals surface area contributed by atoms with Gasteiger partial charge in [-0.15, -0.1) is 0 Å². The predicted molar refractivity (Wildman–Crippen MR) is 139 cm³/mol. The van der Waals surface area contributed by atoms with Gasteiger partial charge in [-0.2, -0.15) is 0 Å². The number of fused-ring (bicyclic) bond motifs is 3. The van der Waals surface area contributed by atoms with Crippen LogP contribution in [0.2, 0.25) is 0 Å². The van der Waals surface area contributed by atoms with Crippen molar-refractivity contribution in [3.05, 3.63) is 48.0 Å². The van der Waals surface area contributed by atoms with E-state index in [1.807, 2.05) is 12.1 Å². The molecular formula is C27H32F3N3O5. The summed E-state index contributed by atoms with van der Waals surface area (Å²) in [6.07, 6.45) is 0.549. The van der Waals surface area contributed by atoms with Gasteiger partial charge in [0.1, 0.15) is 49.5 Å². The largest absolute Gasteiger partial charge is 0.495 e. The average Bonchev–Trinajstić information content (AvgIpc) is 3.29. The molecule has 0 bridgehead atoms. The van der Waals surface area contributed by atoms with Crippen molar-refractivity contribution < 1.29 is 37.2 Å². The Bertz CT molecular complexity index is 1210. The molecule has 2 N–H and O–H groups in total. The van der Waals surface area contributed by atoms with Gasteiger partial charge in [0.05, 0.1) is 38.1 Å². The number of aliphatic hydroxyl groups is 1. The first-order chi connectivity index (χ1) is 18.6. The minimum Gasteiger partial charge on any atom is -0.495 e. The fourth-order valence-corrected chi connectivity index (χ4v) is 4.66. The van der Waals surface area contributed by atoms with E-state index in [4.69, 9.17) is 23.9 Å². The van der Waals surface area contributed by atoms with Crippen LogP contribution in [0.15, 0.2) is 42.5 Å². The summed E-state index contributed by atoms with van der Waals surface area (Å²) in [5.41, 5.74) is 2.31. The number of aromatic nitrogens is 1. The Kier molecular flexibility index (Phi) is 9.48. The third kappa shape index (κ3) is 5.45. The molecule has 2 aromatic carbocycles. The van der Waals surface area contributed by atoms with Gasteiger partial charge in [-0.25, -0.2) is 18.2 Å². The standard InChI is InChI=1S/C27H32F3N3O5/c1-35-22-8-3-2-7-21(22)33-25-19-6-4-9-23(36-15-10-28)24(19)32-26(31-13-5-14-34)20(25)18-27(33,37-16-11-29)38-17-12-30/h2-4,6-9,34H,5,10-18H2,1H3,(H,31,32). The molecule has 8 nitrogen and oxygen atoms in total. The van der Waals surface area contributed by atoms with Gasteiger partial charge in [0.2, 0.25) is 0 Å². The average molecular weight is 536 g/mol. The Labute approximate surface area is 219 Å². The number of halogens is 3. The van der Waals surface area contributed by atoms with E-state index in [-0.39, 0.29) is 32.8 Å². The molecule has 0 atom stereocenters. The van der Waals surface area contributed by atoms with Crippen molar-refractivity contribution in [1.82, 2.24) is 4.98 Å². The van der Waals surface area contributed by atoms with Gasteiger partial charge in [0.25, 0.3) is 5.91 Å². The van der Waals surface area contributed by atoms with E-state index in [9.17, 15) is 18.3 Å². The molecule has 3 aromatic rings. The lowest BCUT2D eigenvalue weighted by molar-refractivity contribution is -0.229. The second kappa shape index (κ2) is 13.0. The minimum atomic E-state index is -1.62. The summed E-state index contributed by atoms with van der Waals surface area (Å²) in [6, 6.07) is 12.5. The smallest absolute Gasteiger partial charge is 0.260 e. The highest BCUT2D eigenvalue weighted by Crippen LogP contribution is 2.53. The molecule has 1 aliphatic heterocycles. The molecule has 0 amide bonds. The number of benzene rings is 2. The van der Waals surface area contributed by atoms with Gasteiger partial charge < -0.3 is 29.4 Å². The highest BCUT2D eigenvalue weighted by Gasteiger charge is 2.50. The zero-order valence-electron chi connectivity index (χ0n) is 21.2. The van der Waals surface area contributed by atoms with Crippen molar-refractivity contribution in [2.24, 2.45) is 0 Å².